The fourth-order valence-electron chi connectivity index (χ4n) is 2.89. The summed E-state index contributed by atoms with van der Waals surface area (Å²) in [6.45, 7) is 7.18. The van der Waals surface area contributed by atoms with Crippen molar-refractivity contribution >= 4 is 17.9 Å². The lowest BCUT2D eigenvalue weighted by molar-refractivity contribution is -0.157. The molecule has 1 aromatic carbocycles. The number of hydrogen-bond donors (Lipinski definition) is 1. The Morgan fingerprint density at radius 3 is 2.54 bits per heavy atom. The Kier molecular flexibility index (Phi) is 4.29. The maximum Gasteiger partial charge on any atom is 0.326 e. The molecule has 0 spiro atoms. The number of hydrogen-bond acceptors (Lipinski definition) is 6. The Labute approximate surface area is 151 Å². The van der Waals surface area contributed by atoms with Crippen molar-refractivity contribution in [1.82, 2.24) is 10.2 Å². The van der Waals surface area contributed by atoms with Gasteiger partial charge >= 0.3 is 12.0 Å². The second-order valence-corrected chi connectivity index (χ2v) is 7.39. The monoisotopic (exact) mass is 362 g/mol. The van der Waals surface area contributed by atoms with Gasteiger partial charge in [-0.2, -0.15) is 0 Å². The molecule has 8 nitrogen and oxygen atoms in total. The van der Waals surface area contributed by atoms with Gasteiger partial charge in [0.05, 0.1) is 0 Å². The van der Waals surface area contributed by atoms with Gasteiger partial charge in [0.2, 0.25) is 0 Å². The van der Waals surface area contributed by atoms with Gasteiger partial charge in [-0.3, -0.25) is 14.5 Å². The van der Waals surface area contributed by atoms with Gasteiger partial charge in [0.1, 0.15) is 30.9 Å². The average Bonchev–Trinajstić information content (AvgIpc) is 2.77. The number of urea groups is 1. The fraction of sp³-hybridized carbons (Fsp3) is 0.500. The van der Waals surface area contributed by atoms with Crippen molar-refractivity contribution in [3.63, 3.8) is 0 Å². The van der Waals surface area contributed by atoms with Crippen molar-refractivity contribution in [3.05, 3.63) is 23.8 Å². The zero-order valence-electron chi connectivity index (χ0n) is 15.3. The first-order chi connectivity index (χ1) is 12.1. The van der Waals surface area contributed by atoms with Crippen LogP contribution in [0.15, 0.2) is 18.2 Å². The number of carbonyl (C=O) groups is 3. The van der Waals surface area contributed by atoms with E-state index in [0.29, 0.717) is 30.3 Å². The van der Waals surface area contributed by atoms with Crippen LogP contribution in [0.4, 0.5) is 4.79 Å². The third-order valence-corrected chi connectivity index (χ3v) is 4.10. The Morgan fingerprint density at radius 2 is 1.88 bits per heavy atom. The number of fused-ring (bicyclic) bond motifs is 1. The summed E-state index contributed by atoms with van der Waals surface area (Å²) in [5.74, 6) is -0.0638. The summed E-state index contributed by atoms with van der Waals surface area (Å²) in [5.41, 5.74) is -1.45. The average molecular weight is 362 g/mol. The lowest BCUT2D eigenvalue weighted by atomic mass is 9.91. The number of imide groups is 1. The fourth-order valence-corrected chi connectivity index (χ4v) is 2.89. The van der Waals surface area contributed by atoms with E-state index in [-0.39, 0.29) is 0 Å². The molecule has 2 heterocycles. The van der Waals surface area contributed by atoms with Gasteiger partial charge < -0.3 is 19.5 Å². The number of amides is 3. The number of benzene rings is 1. The first-order valence-corrected chi connectivity index (χ1v) is 8.36. The highest BCUT2D eigenvalue weighted by atomic mass is 16.6. The summed E-state index contributed by atoms with van der Waals surface area (Å²) in [5, 5.41) is 2.65. The van der Waals surface area contributed by atoms with Gasteiger partial charge in [0.15, 0.2) is 11.5 Å². The van der Waals surface area contributed by atoms with Crippen LogP contribution in [-0.2, 0) is 19.9 Å². The van der Waals surface area contributed by atoms with Crippen LogP contribution in [-0.4, -0.2) is 48.2 Å². The number of esters is 1. The predicted molar refractivity (Wildman–Crippen MR) is 90.9 cm³/mol. The smallest absolute Gasteiger partial charge is 0.326 e. The second kappa shape index (κ2) is 6.19. The second-order valence-electron chi connectivity index (χ2n) is 7.39. The largest absolute Gasteiger partial charge is 0.486 e. The van der Waals surface area contributed by atoms with E-state index in [4.69, 9.17) is 14.2 Å². The molecule has 1 fully saturated rings. The Balaban J connectivity index is 1.82. The van der Waals surface area contributed by atoms with Crippen molar-refractivity contribution in [2.45, 2.75) is 38.8 Å². The van der Waals surface area contributed by atoms with Gasteiger partial charge in [-0.25, -0.2) is 4.79 Å². The van der Waals surface area contributed by atoms with Crippen LogP contribution in [0, 0.1) is 0 Å². The van der Waals surface area contributed by atoms with Crippen molar-refractivity contribution < 1.29 is 28.6 Å². The number of rotatable bonds is 3. The minimum atomic E-state index is -1.30. The molecule has 3 rings (SSSR count). The molecule has 0 radical (unpaired) electrons. The summed E-state index contributed by atoms with van der Waals surface area (Å²) < 4.78 is 16.2. The standard InChI is InChI=1S/C18H22N2O6/c1-17(2,3)26-14(21)10-20-15(22)18(4,19-16(20)23)11-5-6-12-13(9-11)25-8-7-24-12/h5-6,9H,7-8,10H2,1-4H3,(H,19,23)/t18-/m0/s1. The summed E-state index contributed by atoms with van der Waals surface area (Å²) in [7, 11) is 0. The van der Waals surface area contributed by atoms with E-state index in [1.807, 2.05) is 0 Å². The summed E-state index contributed by atoms with van der Waals surface area (Å²) in [4.78, 5) is 38.0. The third-order valence-electron chi connectivity index (χ3n) is 4.10. The van der Waals surface area contributed by atoms with Crippen LogP contribution >= 0.6 is 0 Å². The Bertz CT molecular complexity index is 769. The van der Waals surface area contributed by atoms with Crippen LogP contribution in [0.1, 0.15) is 33.3 Å². The minimum Gasteiger partial charge on any atom is -0.486 e. The van der Waals surface area contributed by atoms with Crippen molar-refractivity contribution in [3.8, 4) is 11.5 Å². The zero-order chi connectivity index (χ0) is 19.1. The normalized spacial score (nSPS) is 22.2. The molecule has 0 saturated carbocycles. The Morgan fingerprint density at radius 1 is 1.23 bits per heavy atom. The number of nitrogens with one attached hydrogen (secondary N) is 1. The van der Waals surface area contributed by atoms with Gasteiger partial charge in [0.25, 0.3) is 5.91 Å². The molecule has 1 atom stereocenters. The summed E-state index contributed by atoms with van der Waals surface area (Å²) >= 11 is 0. The van der Waals surface area contributed by atoms with Crippen molar-refractivity contribution in [2.24, 2.45) is 0 Å². The molecule has 26 heavy (non-hydrogen) atoms. The van der Waals surface area contributed by atoms with Crippen LogP contribution < -0.4 is 14.8 Å². The molecule has 8 heteroatoms. The highest BCUT2D eigenvalue weighted by Crippen LogP contribution is 2.36. The first-order valence-electron chi connectivity index (χ1n) is 8.36. The van der Waals surface area contributed by atoms with E-state index >= 15 is 0 Å². The van der Waals surface area contributed by atoms with E-state index in [9.17, 15) is 14.4 Å². The molecule has 0 unspecified atom stereocenters. The molecule has 0 aromatic heterocycles. The molecule has 3 amide bonds. The SMILES string of the molecule is CC(C)(C)OC(=O)CN1C(=O)N[C@@](C)(c2ccc3c(c2)OCCO3)C1=O. The molecule has 1 N–H and O–H groups in total. The van der Waals surface area contributed by atoms with E-state index < -0.39 is 35.6 Å². The van der Waals surface area contributed by atoms with Crippen molar-refractivity contribution in [2.75, 3.05) is 19.8 Å². The lowest BCUT2D eigenvalue weighted by Crippen LogP contribution is -2.42. The molecule has 2 aliphatic heterocycles. The zero-order valence-corrected chi connectivity index (χ0v) is 15.3. The van der Waals surface area contributed by atoms with Gasteiger partial charge in [-0.15, -0.1) is 0 Å². The minimum absolute atomic E-state index is 0.415. The van der Waals surface area contributed by atoms with Crippen LogP contribution in [0.3, 0.4) is 0 Å². The molecule has 1 saturated heterocycles. The van der Waals surface area contributed by atoms with E-state index in [1.54, 1.807) is 45.9 Å². The highest BCUT2D eigenvalue weighted by Gasteiger charge is 2.50. The predicted octanol–water partition coefficient (Wildman–Crippen LogP) is 1.57. The van der Waals surface area contributed by atoms with Crippen LogP contribution in [0.5, 0.6) is 11.5 Å². The maximum absolute atomic E-state index is 12.9. The van der Waals surface area contributed by atoms with Crippen molar-refractivity contribution in [1.29, 1.82) is 0 Å². The molecular formula is C18H22N2O6. The number of carbonyl (C=O) groups excluding carboxylic acids is 3. The van der Waals surface area contributed by atoms with E-state index in [1.165, 1.54) is 0 Å². The third kappa shape index (κ3) is 3.31. The molecule has 0 aliphatic carbocycles. The molecule has 2 aliphatic rings. The molecule has 1 aromatic rings. The van der Waals surface area contributed by atoms with Gasteiger partial charge in [0, 0.05) is 0 Å². The van der Waals surface area contributed by atoms with E-state index in [2.05, 4.69) is 5.32 Å². The molecule has 0 bridgehead atoms. The molecular weight excluding hydrogens is 340 g/mol. The van der Waals surface area contributed by atoms with Gasteiger partial charge in [-0.1, -0.05) is 6.07 Å². The Hall–Kier alpha value is -2.77. The highest BCUT2D eigenvalue weighted by molar-refractivity contribution is 6.08. The lowest BCUT2D eigenvalue weighted by Gasteiger charge is -2.25. The van der Waals surface area contributed by atoms with Crippen LogP contribution in [0.25, 0.3) is 0 Å². The maximum atomic E-state index is 12.9. The number of ether oxygens (including phenoxy) is 3. The topological polar surface area (TPSA) is 94.2 Å². The summed E-state index contributed by atoms with van der Waals surface area (Å²) in [6.07, 6.45) is 0. The number of nitrogens with zero attached hydrogens (tertiary/aromatic N) is 1. The first kappa shape index (κ1) is 18.0. The van der Waals surface area contributed by atoms with Crippen LogP contribution in [0.2, 0.25) is 0 Å². The quantitative estimate of drug-likeness (QED) is 0.648. The van der Waals surface area contributed by atoms with E-state index in [0.717, 1.165) is 4.90 Å². The summed E-state index contributed by atoms with van der Waals surface area (Å²) in [6, 6.07) is 4.43. The van der Waals surface area contributed by atoms with Gasteiger partial charge in [-0.05, 0) is 45.4 Å². The molecule has 140 valence electrons.